The summed E-state index contributed by atoms with van der Waals surface area (Å²) in [5.74, 6) is 1.22. The fourth-order valence-electron chi connectivity index (χ4n) is 3.34. The Hall–Kier alpha value is -1.89. The molecule has 0 aromatic carbocycles. The number of nitrogens with one attached hydrogen (secondary N) is 1. The lowest BCUT2D eigenvalue weighted by molar-refractivity contribution is -0.121. The summed E-state index contributed by atoms with van der Waals surface area (Å²) < 4.78 is 5.28. The standard InChI is InChI=1S/C17H26N4O3/c1-21(17(23)14-10-15(24-20-14)11-2-3-11)13-6-4-12(5-7-13)19-16(22)8-9-18/h10-13H,2-9,18H2,1H3,(H,19,22). The van der Waals surface area contributed by atoms with Gasteiger partial charge in [-0.25, -0.2) is 0 Å². The first-order chi connectivity index (χ1) is 11.6. The third kappa shape index (κ3) is 3.95. The minimum absolute atomic E-state index is 0.0144. The molecule has 1 aromatic heterocycles. The molecule has 1 heterocycles. The summed E-state index contributed by atoms with van der Waals surface area (Å²) in [6.45, 7) is 0.374. The Morgan fingerprint density at radius 3 is 2.62 bits per heavy atom. The molecule has 0 aliphatic heterocycles. The summed E-state index contributed by atoms with van der Waals surface area (Å²) in [5.41, 5.74) is 5.79. The predicted molar refractivity (Wildman–Crippen MR) is 88.4 cm³/mol. The lowest BCUT2D eigenvalue weighted by Crippen LogP contribution is -2.44. The van der Waals surface area contributed by atoms with Gasteiger partial charge in [0.1, 0.15) is 5.76 Å². The van der Waals surface area contributed by atoms with E-state index in [1.165, 1.54) is 0 Å². The lowest BCUT2D eigenvalue weighted by atomic mass is 9.90. The Kier molecular flexibility index (Phi) is 5.18. The van der Waals surface area contributed by atoms with Gasteiger partial charge in [-0.3, -0.25) is 9.59 Å². The summed E-state index contributed by atoms with van der Waals surface area (Å²) in [4.78, 5) is 25.9. The van der Waals surface area contributed by atoms with Crippen LogP contribution >= 0.6 is 0 Å². The molecule has 3 N–H and O–H groups in total. The largest absolute Gasteiger partial charge is 0.360 e. The third-order valence-electron chi connectivity index (χ3n) is 5.03. The molecule has 2 fully saturated rings. The van der Waals surface area contributed by atoms with Gasteiger partial charge in [0.2, 0.25) is 5.91 Å². The molecular formula is C17H26N4O3. The van der Waals surface area contributed by atoms with Gasteiger partial charge in [-0.05, 0) is 38.5 Å². The number of carbonyl (C=O) groups is 2. The minimum Gasteiger partial charge on any atom is -0.360 e. The molecule has 3 rings (SSSR count). The average molecular weight is 334 g/mol. The van der Waals surface area contributed by atoms with Gasteiger partial charge in [-0.2, -0.15) is 0 Å². The predicted octanol–water partition coefficient (Wildman–Crippen LogP) is 1.40. The molecule has 7 nitrogen and oxygen atoms in total. The van der Waals surface area contributed by atoms with Crippen LogP contribution in [0.25, 0.3) is 0 Å². The summed E-state index contributed by atoms with van der Waals surface area (Å²) >= 11 is 0. The van der Waals surface area contributed by atoms with Gasteiger partial charge in [0.15, 0.2) is 5.69 Å². The third-order valence-corrected chi connectivity index (χ3v) is 5.03. The topological polar surface area (TPSA) is 101 Å². The smallest absolute Gasteiger partial charge is 0.276 e. The molecule has 0 unspecified atom stereocenters. The van der Waals surface area contributed by atoms with Crippen LogP contribution in [0.2, 0.25) is 0 Å². The van der Waals surface area contributed by atoms with Crippen LogP contribution in [0, 0.1) is 0 Å². The maximum Gasteiger partial charge on any atom is 0.276 e. The van der Waals surface area contributed by atoms with Crippen LogP contribution < -0.4 is 11.1 Å². The van der Waals surface area contributed by atoms with E-state index in [9.17, 15) is 9.59 Å². The molecule has 2 saturated carbocycles. The van der Waals surface area contributed by atoms with Gasteiger partial charge in [-0.1, -0.05) is 5.16 Å². The van der Waals surface area contributed by atoms with E-state index in [0.29, 0.717) is 24.6 Å². The molecule has 24 heavy (non-hydrogen) atoms. The van der Waals surface area contributed by atoms with Crippen molar-refractivity contribution in [2.45, 2.75) is 62.9 Å². The molecule has 7 heteroatoms. The Labute approximate surface area is 141 Å². The first kappa shape index (κ1) is 17.0. The van der Waals surface area contributed by atoms with E-state index >= 15 is 0 Å². The normalized spacial score (nSPS) is 23.8. The van der Waals surface area contributed by atoms with E-state index in [-0.39, 0.29) is 23.9 Å². The molecule has 0 saturated heterocycles. The molecule has 0 atom stereocenters. The van der Waals surface area contributed by atoms with Gasteiger partial charge in [-0.15, -0.1) is 0 Å². The van der Waals surface area contributed by atoms with Crippen LogP contribution in [-0.4, -0.2) is 47.5 Å². The molecule has 2 aliphatic rings. The summed E-state index contributed by atoms with van der Waals surface area (Å²) in [7, 11) is 1.83. The van der Waals surface area contributed by atoms with Crippen LogP contribution in [0.3, 0.4) is 0 Å². The van der Waals surface area contributed by atoms with Crippen molar-refractivity contribution in [3.05, 3.63) is 17.5 Å². The van der Waals surface area contributed by atoms with E-state index < -0.39 is 0 Å². The van der Waals surface area contributed by atoms with Crippen LogP contribution in [0.1, 0.15) is 67.1 Å². The molecule has 0 radical (unpaired) electrons. The van der Waals surface area contributed by atoms with Gasteiger partial charge in [0.05, 0.1) is 0 Å². The van der Waals surface area contributed by atoms with Gasteiger partial charge < -0.3 is 20.5 Å². The molecular weight excluding hydrogens is 308 g/mol. The second kappa shape index (κ2) is 7.34. The van der Waals surface area contributed by atoms with Crippen molar-refractivity contribution < 1.29 is 14.1 Å². The van der Waals surface area contributed by atoms with Crippen molar-refractivity contribution in [3.63, 3.8) is 0 Å². The lowest BCUT2D eigenvalue weighted by Gasteiger charge is -2.34. The summed E-state index contributed by atoms with van der Waals surface area (Å²) in [6, 6.07) is 2.16. The molecule has 0 bridgehead atoms. The SMILES string of the molecule is CN(C(=O)c1cc(C2CC2)on1)C1CCC(NC(=O)CCN)CC1. The second-order valence-corrected chi connectivity index (χ2v) is 6.92. The van der Waals surface area contributed by atoms with Crippen molar-refractivity contribution in [1.29, 1.82) is 0 Å². The fourth-order valence-corrected chi connectivity index (χ4v) is 3.34. The molecule has 2 aliphatic carbocycles. The highest BCUT2D eigenvalue weighted by atomic mass is 16.5. The van der Waals surface area contributed by atoms with E-state index in [1.807, 2.05) is 7.05 Å². The Morgan fingerprint density at radius 1 is 1.29 bits per heavy atom. The van der Waals surface area contributed by atoms with Crippen molar-refractivity contribution in [1.82, 2.24) is 15.4 Å². The first-order valence-electron chi connectivity index (χ1n) is 8.81. The number of amides is 2. The summed E-state index contributed by atoms with van der Waals surface area (Å²) in [6.07, 6.45) is 6.13. The van der Waals surface area contributed by atoms with Crippen LogP contribution in [-0.2, 0) is 4.79 Å². The van der Waals surface area contributed by atoms with Gasteiger partial charge >= 0.3 is 0 Å². The highest BCUT2D eigenvalue weighted by Crippen LogP contribution is 2.40. The number of hydrogen-bond donors (Lipinski definition) is 2. The number of nitrogens with two attached hydrogens (primary N) is 1. The Morgan fingerprint density at radius 2 is 2.00 bits per heavy atom. The zero-order valence-electron chi connectivity index (χ0n) is 14.2. The number of hydrogen-bond acceptors (Lipinski definition) is 5. The van der Waals surface area contributed by atoms with E-state index in [4.69, 9.17) is 10.3 Å². The van der Waals surface area contributed by atoms with Gasteiger partial charge in [0, 0.05) is 44.1 Å². The summed E-state index contributed by atoms with van der Waals surface area (Å²) in [5, 5.41) is 6.95. The van der Waals surface area contributed by atoms with E-state index in [0.717, 1.165) is 44.3 Å². The van der Waals surface area contributed by atoms with Gasteiger partial charge in [0.25, 0.3) is 5.91 Å². The first-order valence-corrected chi connectivity index (χ1v) is 8.81. The number of nitrogens with zero attached hydrogens (tertiary/aromatic N) is 2. The van der Waals surface area contributed by atoms with Crippen molar-refractivity contribution >= 4 is 11.8 Å². The Bertz CT molecular complexity index is 588. The van der Waals surface area contributed by atoms with E-state index in [2.05, 4.69) is 10.5 Å². The Balaban J connectivity index is 1.49. The highest BCUT2D eigenvalue weighted by molar-refractivity contribution is 5.92. The highest BCUT2D eigenvalue weighted by Gasteiger charge is 2.32. The molecule has 1 aromatic rings. The van der Waals surface area contributed by atoms with E-state index in [1.54, 1.807) is 11.0 Å². The fraction of sp³-hybridized carbons (Fsp3) is 0.706. The van der Waals surface area contributed by atoms with Crippen LogP contribution in [0.4, 0.5) is 0 Å². The minimum atomic E-state index is -0.0822. The van der Waals surface area contributed by atoms with Crippen LogP contribution in [0.15, 0.2) is 10.6 Å². The molecule has 132 valence electrons. The molecule has 0 spiro atoms. The maximum absolute atomic E-state index is 12.6. The van der Waals surface area contributed by atoms with Crippen molar-refractivity contribution in [3.8, 4) is 0 Å². The number of carbonyl (C=O) groups excluding carboxylic acids is 2. The van der Waals surface area contributed by atoms with Crippen molar-refractivity contribution in [2.24, 2.45) is 5.73 Å². The van der Waals surface area contributed by atoms with Crippen molar-refractivity contribution in [2.75, 3.05) is 13.6 Å². The monoisotopic (exact) mass is 334 g/mol. The zero-order chi connectivity index (χ0) is 17.1. The average Bonchev–Trinajstić information content (AvgIpc) is 3.31. The second-order valence-electron chi connectivity index (χ2n) is 6.92. The zero-order valence-corrected chi connectivity index (χ0v) is 14.2. The van der Waals surface area contributed by atoms with Crippen LogP contribution in [0.5, 0.6) is 0 Å². The maximum atomic E-state index is 12.6. The number of aromatic nitrogens is 1. The number of rotatable bonds is 6. The quantitative estimate of drug-likeness (QED) is 0.819. The molecule has 2 amide bonds.